The summed E-state index contributed by atoms with van der Waals surface area (Å²) in [6.45, 7) is 0.460. The molecule has 2 aliphatic rings. The van der Waals surface area contributed by atoms with Crippen molar-refractivity contribution in [1.29, 1.82) is 0 Å². The molecule has 0 aliphatic carbocycles. The summed E-state index contributed by atoms with van der Waals surface area (Å²) in [5, 5.41) is 0.589. The van der Waals surface area contributed by atoms with Crippen molar-refractivity contribution in [3.05, 3.63) is 95.0 Å². The number of carbonyl (C=O) groups is 2. The molecule has 0 unspecified atom stereocenters. The summed E-state index contributed by atoms with van der Waals surface area (Å²) in [7, 11) is 0. The quantitative estimate of drug-likeness (QED) is 0.610. The topological polar surface area (TPSA) is 40.6 Å². The van der Waals surface area contributed by atoms with Crippen LogP contribution in [0.4, 0.5) is 11.4 Å². The molecule has 0 bridgehead atoms. The van der Waals surface area contributed by atoms with Gasteiger partial charge in [0, 0.05) is 16.3 Å². The number of rotatable bonds is 3. The summed E-state index contributed by atoms with van der Waals surface area (Å²) in [5.41, 5.74) is 3.42. The maximum absolute atomic E-state index is 13.9. The van der Waals surface area contributed by atoms with Crippen LogP contribution in [-0.4, -0.2) is 17.6 Å². The second-order valence-electron chi connectivity index (χ2n) is 7.03. The van der Waals surface area contributed by atoms with Gasteiger partial charge in [-0.15, -0.1) is 11.8 Å². The maximum Gasteiger partial charge on any atom is 0.269 e. The zero-order valence-corrected chi connectivity index (χ0v) is 17.0. The smallest absolute Gasteiger partial charge is 0.269 e. The first kappa shape index (κ1) is 18.3. The molecule has 3 aromatic carbocycles. The van der Waals surface area contributed by atoms with E-state index in [0.717, 1.165) is 16.8 Å². The molecule has 2 amide bonds. The van der Waals surface area contributed by atoms with Gasteiger partial charge in [0.15, 0.2) is 0 Å². The summed E-state index contributed by atoms with van der Waals surface area (Å²) >= 11 is 7.43. The fourth-order valence-corrected chi connectivity index (χ4v) is 5.55. The van der Waals surface area contributed by atoms with Gasteiger partial charge in [-0.3, -0.25) is 14.5 Å². The number of fused-ring (bicyclic) bond motifs is 2. The molecule has 144 valence electrons. The first-order valence-electron chi connectivity index (χ1n) is 9.29. The monoisotopic (exact) mass is 420 g/mol. The summed E-state index contributed by atoms with van der Waals surface area (Å²) in [4.78, 5) is 29.2. The van der Waals surface area contributed by atoms with E-state index in [2.05, 4.69) is 0 Å². The number of anilines is 2. The van der Waals surface area contributed by atoms with Gasteiger partial charge in [-0.2, -0.15) is 0 Å². The van der Waals surface area contributed by atoms with E-state index in [0.29, 0.717) is 17.3 Å². The lowest BCUT2D eigenvalue weighted by atomic mass is 10.0. The van der Waals surface area contributed by atoms with Gasteiger partial charge in [0.05, 0.1) is 18.0 Å². The van der Waals surface area contributed by atoms with Crippen LogP contribution in [0.2, 0.25) is 5.02 Å². The number of hydrogen-bond donors (Lipinski definition) is 0. The fourth-order valence-electron chi connectivity index (χ4n) is 4.07. The van der Waals surface area contributed by atoms with E-state index >= 15 is 0 Å². The predicted octanol–water partition coefficient (Wildman–Crippen LogP) is 4.82. The van der Waals surface area contributed by atoms with Crippen LogP contribution >= 0.6 is 23.4 Å². The van der Waals surface area contributed by atoms with Gasteiger partial charge in [-0.05, 0) is 35.9 Å². The lowest BCUT2D eigenvalue weighted by Crippen LogP contribution is -2.49. The van der Waals surface area contributed by atoms with E-state index in [1.165, 1.54) is 11.8 Å². The molecule has 0 saturated carbocycles. The molecule has 1 atom stereocenters. The Kier molecular flexibility index (Phi) is 4.37. The van der Waals surface area contributed by atoms with E-state index in [1.54, 1.807) is 34.1 Å². The minimum Gasteiger partial charge on any atom is -0.304 e. The predicted molar refractivity (Wildman–Crippen MR) is 117 cm³/mol. The maximum atomic E-state index is 13.9. The lowest BCUT2D eigenvalue weighted by molar-refractivity contribution is -0.123. The van der Waals surface area contributed by atoms with Gasteiger partial charge in [0.2, 0.25) is 10.8 Å². The second-order valence-corrected chi connectivity index (χ2v) is 8.64. The number of carbonyl (C=O) groups excluding carboxylic acids is 2. The third-order valence-corrected chi connectivity index (χ3v) is 6.97. The number of nitrogens with zero attached hydrogens (tertiary/aromatic N) is 2. The van der Waals surface area contributed by atoms with Crippen molar-refractivity contribution in [3.63, 3.8) is 0 Å². The minimum atomic E-state index is -1.09. The van der Waals surface area contributed by atoms with E-state index in [-0.39, 0.29) is 17.6 Å². The van der Waals surface area contributed by atoms with Crippen molar-refractivity contribution in [2.24, 2.45) is 0 Å². The molecule has 2 aliphatic heterocycles. The molecule has 2 heterocycles. The highest BCUT2D eigenvalue weighted by Crippen LogP contribution is 2.55. The van der Waals surface area contributed by atoms with Gasteiger partial charge < -0.3 is 4.90 Å². The average Bonchev–Trinajstić information content (AvgIpc) is 3.21. The van der Waals surface area contributed by atoms with E-state index < -0.39 is 4.87 Å². The highest BCUT2D eigenvalue weighted by molar-refractivity contribution is 8.02. The Labute approximate surface area is 178 Å². The van der Waals surface area contributed by atoms with Crippen LogP contribution in [-0.2, 0) is 21.0 Å². The molecule has 6 heteroatoms. The van der Waals surface area contributed by atoms with E-state index in [4.69, 9.17) is 11.6 Å². The number of hydrogen-bond acceptors (Lipinski definition) is 3. The molecule has 4 nitrogen and oxygen atoms in total. The Bertz CT molecular complexity index is 1100. The van der Waals surface area contributed by atoms with Crippen molar-refractivity contribution in [1.82, 2.24) is 0 Å². The Balaban J connectivity index is 1.65. The Morgan fingerprint density at radius 1 is 0.897 bits per heavy atom. The molecule has 0 aromatic heterocycles. The molecule has 1 saturated heterocycles. The summed E-state index contributed by atoms with van der Waals surface area (Å²) in [6, 6.07) is 24.7. The number of para-hydroxylation sites is 1. The van der Waals surface area contributed by atoms with Gasteiger partial charge >= 0.3 is 0 Å². The van der Waals surface area contributed by atoms with Crippen molar-refractivity contribution < 1.29 is 9.59 Å². The molecular weight excluding hydrogens is 404 g/mol. The van der Waals surface area contributed by atoms with Crippen LogP contribution in [0, 0.1) is 0 Å². The van der Waals surface area contributed by atoms with Crippen molar-refractivity contribution in [3.8, 4) is 0 Å². The highest BCUT2D eigenvalue weighted by atomic mass is 35.5. The van der Waals surface area contributed by atoms with Gasteiger partial charge in [-0.1, -0.05) is 60.1 Å². The average molecular weight is 421 g/mol. The molecule has 29 heavy (non-hydrogen) atoms. The van der Waals surface area contributed by atoms with Gasteiger partial charge in [-0.25, -0.2) is 0 Å². The van der Waals surface area contributed by atoms with Crippen molar-refractivity contribution in [2.45, 2.75) is 11.4 Å². The molecule has 1 fully saturated rings. The molecule has 0 N–H and O–H groups in total. The standard InChI is InChI=1S/C23H17ClN2O2S/c24-17-10-12-18(13-11-17)26-21(27)15-29-23(26)19-8-4-5-9-20(19)25(22(23)28)14-16-6-2-1-3-7-16/h1-13H,14-15H2/t23-/m1/s1. The van der Waals surface area contributed by atoms with Gasteiger partial charge in [0.25, 0.3) is 5.91 Å². The zero-order valence-electron chi connectivity index (χ0n) is 15.4. The number of amides is 2. The van der Waals surface area contributed by atoms with Crippen molar-refractivity contribution >= 4 is 46.6 Å². The van der Waals surface area contributed by atoms with Gasteiger partial charge in [0.1, 0.15) is 0 Å². The Morgan fingerprint density at radius 2 is 1.59 bits per heavy atom. The number of halogens is 1. The largest absolute Gasteiger partial charge is 0.304 e. The van der Waals surface area contributed by atoms with E-state index in [1.807, 2.05) is 54.6 Å². The molecule has 0 radical (unpaired) electrons. The summed E-state index contributed by atoms with van der Waals surface area (Å²) < 4.78 is 0. The van der Waals surface area contributed by atoms with Crippen LogP contribution in [0.5, 0.6) is 0 Å². The highest BCUT2D eigenvalue weighted by Gasteiger charge is 2.60. The molecular formula is C23H17ClN2O2S. The van der Waals surface area contributed by atoms with Crippen LogP contribution in [0.25, 0.3) is 0 Å². The number of thioether (sulfide) groups is 1. The summed E-state index contributed by atoms with van der Waals surface area (Å²) in [5.74, 6) is 0.0809. The molecule has 1 spiro atoms. The zero-order chi connectivity index (χ0) is 20.0. The second kappa shape index (κ2) is 6.94. The van der Waals surface area contributed by atoms with Crippen LogP contribution < -0.4 is 9.80 Å². The summed E-state index contributed by atoms with van der Waals surface area (Å²) in [6.07, 6.45) is 0. The van der Waals surface area contributed by atoms with Crippen LogP contribution in [0.15, 0.2) is 78.9 Å². The van der Waals surface area contributed by atoms with Crippen molar-refractivity contribution in [2.75, 3.05) is 15.6 Å². The first-order chi connectivity index (χ1) is 14.1. The normalized spacial score (nSPS) is 20.6. The van der Waals surface area contributed by atoms with Crippen LogP contribution in [0.3, 0.4) is 0 Å². The lowest BCUT2D eigenvalue weighted by Gasteiger charge is -2.33. The third kappa shape index (κ3) is 2.76. The molecule has 5 rings (SSSR count). The number of benzene rings is 3. The molecule has 3 aromatic rings. The van der Waals surface area contributed by atoms with Crippen LogP contribution in [0.1, 0.15) is 11.1 Å². The third-order valence-electron chi connectivity index (χ3n) is 5.33. The van der Waals surface area contributed by atoms with E-state index in [9.17, 15) is 9.59 Å². The Morgan fingerprint density at radius 3 is 2.34 bits per heavy atom. The minimum absolute atomic E-state index is 0.0814. The fraction of sp³-hybridized carbons (Fsp3) is 0.130. The Hall–Kier alpha value is -2.76. The first-order valence-corrected chi connectivity index (χ1v) is 10.7. The SMILES string of the molecule is O=C1CS[C@]2(C(=O)N(Cc3ccccc3)c3ccccc32)N1c1ccc(Cl)cc1.